The molecular weight excluding hydrogens is 347 g/mol. The lowest BCUT2D eigenvalue weighted by Gasteiger charge is -2.33. The number of benzene rings is 1. The molecule has 7 nitrogen and oxygen atoms in total. The van der Waals surface area contributed by atoms with Crippen LogP contribution in [-0.4, -0.2) is 39.7 Å². The summed E-state index contributed by atoms with van der Waals surface area (Å²) in [7, 11) is 1.88. The minimum atomic E-state index is -0.502. The van der Waals surface area contributed by atoms with E-state index >= 15 is 0 Å². The number of anilines is 1. The number of hydrogen-bond donors (Lipinski definition) is 2. The van der Waals surface area contributed by atoms with Crippen LogP contribution in [-0.2, 0) is 7.05 Å². The van der Waals surface area contributed by atoms with Crippen molar-refractivity contribution < 1.29 is 9.18 Å². The smallest absolute Gasteiger partial charge is 0.312 e. The van der Waals surface area contributed by atoms with Crippen molar-refractivity contribution in [3.8, 4) is 11.4 Å². The number of halogens is 1. The van der Waals surface area contributed by atoms with Gasteiger partial charge in [-0.1, -0.05) is 12.1 Å². The van der Waals surface area contributed by atoms with E-state index in [1.165, 1.54) is 6.20 Å². The number of nitrogens with zero attached hydrogens (tertiary/aromatic N) is 4. The van der Waals surface area contributed by atoms with Gasteiger partial charge in [-0.15, -0.1) is 0 Å². The van der Waals surface area contributed by atoms with Gasteiger partial charge in [-0.3, -0.25) is 0 Å². The molecule has 4 rings (SSSR count). The van der Waals surface area contributed by atoms with Crippen molar-refractivity contribution in [2.45, 2.75) is 18.9 Å². The zero-order chi connectivity index (χ0) is 19.0. The summed E-state index contributed by atoms with van der Waals surface area (Å²) < 4.78 is 16.4. The van der Waals surface area contributed by atoms with Crippen molar-refractivity contribution in [1.29, 1.82) is 0 Å². The van der Waals surface area contributed by atoms with E-state index in [9.17, 15) is 9.18 Å². The van der Waals surface area contributed by atoms with Gasteiger partial charge in [-0.05, 0) is 31.0 Å². The second kappa shape index (κ2) is 6.86. The third-order valence-electron chi connectivity index (χ3n) is 5.03. The first kappa shape index (κ1) is 17.3. The van der Waals surface area contributed by atoms with Crippen LogP contribution in [0.3, 0.4) is 0 Å². The molecule has 1 fully saturated rings. The maximum atomic E-state index is 14.5. The van der Waals surface area contributed by atoms with Gasteiger partial charge < -0.3 is 20.5 Å². The fourth-order valence-corrected chi connectivity index (χ4v) is 3.61. The Morgan fingerprint density at radius 2 is 2.04 bits per heavy atom. The molecule has 140 valence electrons. The zero-order valence-electron chi connectivity index (χ0n) is 15.0. The number of nitrogens with one attached hydrogen (secondary N) is 1. The molecule has 1 aliphatic rings. The number of imidazole rings is 1. The number of nitrogens with two attached hydrogens (primary N) is 1. The van der Waals surface area contributed by atoms with Gasteiger partial charge in [-0.25, -0.2) is 19.2 Å². The van der Waals surface area contributed by atoms with E-state index in [1.54, 1.807) is 6.07 Å². The molecule has 0 spiro atoms. The fraction of sp³-hybridized carbons (Fsp3) is 0.316. The summed E-state index contributed by atoms with van der Waals surface area (Å²) in [5.74, 6) is 0.876. The molecule has 2 aromatic heterocycles. The summed E-state index contributed by atoms with van der Waals surface area (Å²) in [6.45, 7) is 1.43. The number of carbonyl (C=O) groups excluding carboxylic acids is 1. The standard InChI is InChI=1S/C19H21FN6O/c1-25-16-5-3-2-4-15(16)24-18(25)13-10-17(22-11-14(13)20)26-8-6-12(7-9-26)23-19(21)27/h2-5,10-12H,6-9H2,1H3,(H3,21,23,27). The largest absolute Gasteiger partial charge is 0.356 e. The molecular formula is C19H21FN6O. The lowest BCUT2D eigenvalue weighted by Crippen LogP contribution is -2.46. The van der Waals surface area contributed by atoms with Gasteiger partial charge in [0.1, 0.15) is 11.6 Å². The van der Waals surface area contributed by atoms with Gasteiger partial charge in [-0.2, -0.15) is 0 Å². The maximum absolute atomic E-state index is 14.5. The fourth-order valence-electron chi connectivity index (χ4n) is 3.61. The van der Waals surface area contributed by atoms with E-state index in [4.69, 9.17) is 5.73 Å². The predicted molar refractivity (Wildman–Crippen MR) is 102 cm³/mol. The van der Waals surface area contributed by atoms with Gasteiger partial charge >= 0.3 is 6.03 Å². The van der Waals surface area contributed by atoms with Crippen molar-refractivity contribution in [2.75, 3.05) is 18.0 Å². The minimum absolute atomic E-state index is 0.0681. The number of para-hydroxylation sites is 2. The van der Waals surface area contributed by atoms with Crippen molar-refractivity contribution in [1.82, 2.24) is 19.9 Å². The van der Waals surface area contributed by atoms with Crippen molar-refractivity contribution >= 4 is 22.9 Å². The van der Waals surface area contributed by atoms with Gasteiger partial charge in [0.25, 0.3) is 0 Å². The highest BCUT2D eigenvalue weighted by Crippen LogP contribution is 2.29. The van der Waals surface area contributed by atoms with Crippen LogP contribution < -0.4 is 16.0 Å². The summed E-state index contributed by atoms with van der Waals surface area (Å²) >= 11 is 0. The highest BCUT2D eigenvalue weighted by Gasteiger charge is 2.22. The number of piperidine rings is 1. The molecule has 0 saturated carbocycles. The summed E-state index contributed by atoms with van der Waals surface area (Å²) in [4.78, 5) is 21.9. The van der Waals surface area contributed by atoms with Crippen LogP contribution >= 0.6 is 0 Å². The van der Waals surface area contributed by atoms with Crippen LogP contribution in [0.5, 0.6) is 0 Å². The number of urea groups is 1. The summed E-state index contributed by atoms with van der Waals surface area (Å²) in [6.07, 6.45) is 2.78. The molecule has 1 aromatic carbocycles. The van der Waals surface area contributed by atoms with Gasteiger partial charge in [0.05, 0.1) is 22.8 Å². The Labute approximate surface area is 156 Å². The molecule has 0 bridgehead atoms. The minimum Gasteiger partial charge on any atom is -0.356 e. The number of fused-ring (bicyclic) bond motifs is 1. The van der Waals surface area contributed by atoms with E-state index in [1.807, 2.05) is 35.9 Å². The van der Waals surface area contributed by atoms with Gasteiger partial charge in [0, 0.05) is 26.2 Å². The summed E-state index contributed by atoms with van der Waals surface area (Å²) in [5.41, 5.74) is 7.39. The van der Waals surface area contributed by atoms with Crippen LogP contribution in [0.2, 0.25) is 0 Å². The molecule has 2 amide bonds. The number of aryl methyl sites for hydroxylation is 1. The average Bonchev–Trinajstić information content (AvgIpc) is 2.99. The first-order chi connectivity index (χ1) is 13.0. The summed E-state index contributed by atoms with van der Waals surface area (Å²) in [6, 6.07) is 9.04. The first-order valence-corrected chi connectivity index (χ1v) is 8.91. The van der Waals surface area contributed by atoms with Crippen LogP contribution in [0, 0.1) is 5.82 Å². The maximum Gasteiger partial charge on any atom is 0.312 e. The van der Waals surface area contributed by atoms with Crippen molar-refractivity contribution in [3.05, 3.63) is 42.3 Å². The van der Waals surface area contributed by atoms with E-state index in [0.717, 1.165) is 23.9 Å². The molecule has 0 aliphatic carbocycles. The Morgan fingerprint density at radius 3 is 2.74 bits per heavy atom. The molecule has 0 unspecified atom stereocenters. The number of aromatic nitrogens is 3. The Bertz CT molecular complexity index is 993. The third-order valence-corrected chi connectivity index (χ3v) is 5.03. The Balaban J connectivity index is 1.62. The number of amides is 2. The number of hydrogen-bond acceptors (Lipinski definition) is 4. The molecule has 1 saturated heterocycles. The second-order valence-electron chi connectivity index (χ2n) is 6.78. The Hall–Kier alpha value is -3.16. The molecule has 3 aromatic rings. The quantitative estimate of drug-likeness (QED) is 0.743. The number of primary amides is 1. The van der Waals surface area contributed by atoms with Crippen LogP contribution in [0.1, 0.15) is 12.8 Å². The second-order valence-corrected chi connectivity index (χ2v) is 6.78. The van der Waals surface area contributed by atoms with Crippen LogP contribution in [0.25, 0.3) is 22.4 Å². The van der Waals surface area contributed by atoms with Gasteiger partial charge in [0.15, 0.2) is 5.82 Å². The normalized spacial score (nSPS) is 15.3. The molecule has 0 radical (unpaired) electrons. The van der Waals surface area contributed by atoms with E-state index in [0.29, 0.717) is 30.3 Å². The number of pyridine rings is 1. The molecule has 1 aliphatic heterocycles. The molecule has 3 N–H and O–H groups in total. The van der Waals surface area contributed by atoms with E-state index < -0.39 is 11.8 Å². The van der Waals surface area contributed by atoms with Crippen LogP contribution in [0.4, 0.5) is 15.0 Å². The molecule has 0 atom stereocenters. The number of carbonyl (C=O) groups is 1. The Morgan fingerprint density at radius 1 is 1.30 bits per heavy atom. The molecule has 8 heteroatoms. The molecule has 27 heavy (non-hydrogen) atoms. The average molecular weight is 368 g/mol. The summed E-state index contributed by atoms with van der Waals surface area (Å²) in [5, 5.41) is 2.74. The number of rotatable bonds is 3. The monoisotopic (exact) mass is 368 g/mol. The Kier molecular flexibility index (Phi) is 4.39. The topological polar surface area (TPSA) is 89.1 Å². The van der Waals surface area contributed by atoms with Crippen molar-refractivity contribution in [3.63, 3.8) is 0 Å². The van der Waals surface area contributed by atoms with Crippen molar-refractivity contribution in [2.24, 2.45) is 12.8 Å². The van der Waals surface area contributed by atoms with Crippen LogP contribution in [0.15, 0.2) is 36.5 Å². The predicted octanol–water partition coefficient (Wildman–Crippen LogP) is 2.41. The zero-order valence-corrected chi connectivity index (χ0v) is 15.0. The van der Waals surface area contributed by atoms with Gasteiger partial charge in [0.2, 0.25) is 0 Å². The van der Waals surface area contributed by atoms with E-state index in [2.05, 4.69) is 20.2 Å². The lowest BCUT2D eigenvalue weighted by atomic mass is 10.0. The molecule has 3 heterocycles. The third kappa shape index (κ3) is 3.30. The SMILES string of the molecule is Cn1c(-c2cc(N3CCC(NC(N)=O)CC3)ncc2F)nc2ccccc21. The van der Waals surface area contributed by atoms with E-state index in [-0.39, 0.29) is 6.04 Å². The highest BCUT2D eigenvalue weighted by atomic mass is 19.1. The lowest BCUT2D eigenvalue weighted by molar-refractivity contribution is 0.242. The first-order valence-electron chi connectivity index (χ1n) is 8.91. The highest BCUT2D eigenvalue weighted by molar-refractivity contribution is 5.81.